The normalized spacial score (nSPS) is 17.6. The topological polar surface area (TPSA) is 37.3 Å². The average Bonchev–Trinajstić information content (AvgIpc) is 2.52. The molecule has 1 aromatic rings. The second kappa shape index (κ2) is 3.58. The minimum absolute atomic E-state index is 0.0789. The number of Topliss-reactive ketones (excluding diaryl/α,β-unsaturated/α-hetero) is 1. The molecule has 3 heteroatoms. The number of carbonyl (C=O) groups excluding carboxylic acids is 1. The fraction of sp³-hybridized carbons (Fsp3) is 0.364. The molecule has 0 radical (unpaired) electrons. The average molecular weight is 208 g/mol. The molecule has 0 bridgehead atoms. The lowest BCUT2D eigenvalue weighted by Gasteiger charge is -2.14. The van der Waals surface area contributed by atoms with Crippen LogP contribution in [-0.2, 0) is 4.79 Å². The second-order valence-electron chi connectivity index (χ2n) is 3.57. The van der Waals surface area contributed by atoms with Crippen LogP contribution in [0.4, 0.5) is 0 Å². The summed E-state index contributed by atoms with van der Waals surface area (Å²) in [6.07, 6.45) is 1.97. The van der Waals surface area contributed by atoms with E-state index >= 15 is 0 Å². The predicted molar refractivity (Wildman–Crippen MR) is 57.5 cm³/mol. The van der Waals surface area contributed by atoms with Gasteiger partial charge in [0.05, 0.1) is 5.57 Å². The lowest BCUT2D eigenvalue weighted by atomic mass is 9.91. The van der Waals surface area contributed by atoms with Gasteiger partial charge < -0.3 is 5.11 Å². The zero-order valence-corrected chi connectivity index (χ0v) is 8.86. The van der Waals surface area contributed by atoms with Crippen LogP contribution in [0.3, 0.4) is 0 Å². The highest BCUT2D eigenvalue weighted by molar-refractivity contribution is 7.08. The van der Waals surface area contributed by atoms with Gasteiger partial charge in [0, 0.05) is 18.4 Å². The molecule has 14 heavy (non-hydrogen) atoms. The summed E-state index contributed by atoms with van der Waals surface area (Å²) >= 11 is 1.57. The van der Waals surface area contributed by atoms with Crippen LogP contribution in [0.15, 0.2) is 16.5 Å². The maximum Gasteiger partial charge on any atom is 0.166 e. The molecule has 1 N–H and O–H groups in total. The van der Waals surface area contributed by atoms with Crippen molar-refractivity contribution in [3.63, 3.8) is 0 Å². The third kappa shape index (κ3) is 1.48. The predicted octanol–water partition coefficient (Wildman–Crippen LogP) is 3.08. The summed E-state index contributed by atoms with van der Waals surface area (Å²) < 4.78 is 0. The van der Waals surface area contributed by atoms with Crippen LogP contribution in [0.2, 0.25) is 0 Å². The van der Waals surface area contributed by atoms with Crippen molar-refractivity contribution in [3.8, 4) is 0 Å². The largest absolute Gasteiger partial charge is 0.512 e. The Morgan fingerprint density at radius 1 is 1.36 bits per heavy atom. The minimum Gasteiger partial charge on any atom is -0.512 e. The molecule has 74 valence electrons. The van der Waals surface area contributed by atoms with Gasteiger partial charge in [-0.3, -0.25) is 4.79 Å². The molecule has 1 aliphatic rings. The molecule has 1 aromatic heterocycles. The Kier molecular flexibility index (Phi) is 2.42. The summed E-state index contributed by atoms with van der Waals surface area (Å²) in [7, 11) is 0. The SMILES string of the molecule is Cc1cscc1C1=C(O)CCCC1=O. The van der Waals surface area contributed by atoms with Crippen LogP contribution >= 0.6 is 11.3 Å². The van der Waals surface area contributed by atoms with Gasteiger partial charge in [-0.05, 0) is 29.7 Å². The van der Waals surface area contributed by atoms with E-state index in [-0.39, 0.29) is 11.5 Å². The first-order chi connectivity index (χ1) is 6.70. The Balaban J connectivity index is 2.51. The highest BCUT2D eigenvalue weighted by Gasteiger charge is 2.23. The van der Waals surface area contributed by atoms with Gasteiger partial charge in [0.2, 0.25) is 0 Å². The molecule has 0 atom stereocenters. The van der Waals surface area contributed by atoms with Crippen LogP contribution in [-0.4, -0.2) is 10.9 Å². The summed E-state index contributed by atoms with van der Waals surface area (Å²) in [4.78, 5) is 11.6. The number of rotatable bonds is 1. The van der Waals surface area contributed by atoms with E-state index in [4.69, 9.17) is 0 Å². The monoisotopic (exact) mass is 208 g/mol. The van der Waals surface area contributed by atoms with Crippen molar-refractivity contribution in [3.05, 3.63) is 27.6 Å². The van der Waals surface area contributed by atoms with Crippen LogP contribution in [0.25, 0.3) is 5.57 Å². The molecule has 1 heterocycles. The first kappa shape index (κ1) is 9.46. The molecule has 2 rings (SSSR count). The number of hydrogen-bond acceptors (Lipinski definition) is 3. The van der Waals surface area contributed by atoms with Gasteiger partial charge >= 0.3 is 0 Å². The van der Waals surface area contributed by atoms with Crippen LogP contribution < -0.4 is 0 Å². The summed E-state index contributed by atoms with van der Waals surface area (Å²) in [6, 6.07) is 0. The maximum absolute atomic E-state index is 11.6. The van der Waals surface area contributed by atoms with Crippen molar-refractivity contribution in [2.75, 3.05) is 0 Å². The smallest absolute Gasteiger partial charge is 0.166 e. The third-order valence-corrected chi connectivity index (χ3v) is 3.37. The number of aryl methyl sites for hydroxylation is 1. The minimum atomic E-state index is 0.0789. The Bertz CT molecular complexity index is 401. The van der Waals surface area contributed by atoms with Gasteiger partial charge in [0.25, 0.3) is 0 Å². The number of aliphatic hydroxyl groups excluding tert-OH is 1. The number of aliphatic hydroxyl groups is 1. The molecule has 0 fully saturated rings. The number of carbonyl (C=O) groups is 1. The summed E-state index contributed by atoms with van der Waals surface area (Å²) in [6.45, 7) is 1.97. The molecule has 0 unspecified atom stereocenters. The highest BCUT2D eigenvalue weighted by Crippen LogP contribution is 2.31. The van der Waals surface area contributed by atoms with Crippen LogP contribution in [0, 0.1) is 6.92 Å². The van der Waals surface area contributed by atoms with Crippen molar-refractivity contribution in [1.82, 2.24) is 0 Å². The fourth-order valence-electron chi connectivity index (χ4n) is 1.75. The van der Waals surface area contributed by atoms with Crippen molar-refractivity contribution < 1.29 is 9.90 Å². The molecule has 0 aromatic carbocycles. The molecule has 0 saturated heterocycles. The number of ketones is 1. The molecule has 0 amide bonds. The Labute approximate surface area is 86.9 Å². The third-order valence-electron chi connectivity index (χ3n) is 2.51. The lowest BCUT2D eigenvalue weighted by molar-refractivity contribution is -0.114. The van der Waals surface area contributed by atoms with Crippen molar-refractivity contribution in [2.24, 2.45) is 0 Å². The zero-order valence-electron chi connectivity index (χ0n) is 8.04. The maximum atomic E-state index is 11.6. The van der Waals surface area contributed by atoms with Crippen molar-refractivity contribution in [2.45, 2.75) is 26.2 Å². The summed E-state index contributed by atoms with van der Waals surface area (Å²) in [5, 5.41) is 13.6. The van der Waals surface area contributed by atoms with Gasteiger partial charge in [-0.2, -0.15) is 11.3 Å². The lowest BCUT2D eigenvalue weighted by Crippen LogP contribution is -2.10. The van der Waals surface area contributed by atoms with E-state index < -0.39 is 0 Å². The van der Waals surface area contributed by atoms with Gasteiger partial charge in [-0.25, -0.2) is 0 Å². The van der Waals surface area contributed by atoms with E-state index in [9.17, 15) is 9.90 Å². The Morgan fingerprint density at radius 3 is 2.71 bits per heavy atom. The second-order valence-corrected chi connectivity index (χ2v) is 4.31. The van der Waals surface area contributed by atoms with E-state index in [2.05, 4.69) is 0 Å². The van der Waals surface area contributed by atoms with Crippen LogP contribution in [0.5, 0.6) is 0 Å². The fourth-order valence-corrected chi connectivity index (χ4v) is 2.59. The van der Waals surface area contributed by atoms with Gasteiger partial charge in [0.15, 0.2) is 5.78 Å². The quantitative estimate of drug-likeness (QED) is 0.770. The Hall–Kier alpha value is -1.09. The molecule has 0 spiro atoms. The summed E-state index contributed by atoms with van der Waals surface area (Å²) in [5.41, 5.74) is 2.54. The summed E-state index contributed by atoms with van der Waals surface area (Å²) in [5.74, 6) is 0.345. The number of allylic oxidation sites excluding steroid dienone is 2. The molecular weight excluding hydrogens is 196 g/mol. The van der Waals surface area contributed by atoms with Crippen LogP contribution in [0.1, 0.15) is 30.4 Å². The number of hydrogen-bond donors (Lipinski definition) is 1. The van der Waals surface area contributed by atoms with E-state index in [1.807, 2.05) is 17.7 Å². The number of thiophene rings is 1. The Morgan fingerprint density at radius 2 is 2.14 bits per heavy atom. The zero-order chi connectivity index (χ0) is 10.1. The van der Waals surface area contributed by atoms with E-state index in [1.54, 1.807) is 11.3 Å². The molecule has 0 aliphatic heterocycles. The van der Waals surface area contributed by atoms with Gasteiger partial charge in [0.1, 0.15) is 5.76 Å². The van der Waals surface area contributed by atoms with Gasteiger partial charge in [-0.15, -0.1) is 0 Å². The first-order valence-electron chi connectivity index (χ1n) is 4.68. The molecule has 0 saturated carbocycles. The van der Waals surface area contributed by atoms with Crippen molar-refractivity contribution >= 4 is 22.7 Å². The van der Waals surface area contributed by atoms with Crippen molar-refractivity contribution in [1.29, 1.82) is 0 Å². The highest BCUT2D eigenvalue weighted by atomic mass is 32.1. The molecule has 1 aliphatic carbocycles. The first-order valence-corrected chi connectivity index (χ1v) is 5.63. The van der Waals surface area contributed by atoms with E-state index in [0.717, 1.165) is 17.5 Å². The van der Waals surface area contributed by atoms with E-state index in [1.165, 1.54) is 0 Å². The molecular formula is C11H12O2S. The molecule has 2 nitrogen and oxygen atoms in total. The van der Waals surface area contributed by atoms with Gasteiger partial charge in [-0.1, -0.05) is 0 Å². The standard InChI is InChI=1S/C11H12O2S/c1-7-5-14-6-8(7)11-9(12)3-2-4-10(11)13/h5-6,12H,2-4H2,1H3. The van der Waals surface area contributed by atoms with E-state index in [0.29, 0.717) is 18.4 Å².